The van der Waals surface area contributed by atoms with Crippen LogP contribution in [0.5, 0.6) is 0 Å². The molecule has 1 aliphatic heterocycles. The fourth-order valence-corrected chi connectivity index (χ4v) is 3.70. The number of benzene rings is 1. The Morgan fingerprint density at radius 1 is 1.17 bits per heavy atom. The molecule has 1 N–H and O–H groups in total. The fourth-order valence-electron chi connectivity index (χ4n) is 3.51. The van der Waals surface area contributed by atoms with Crippen LogP contribution < -0.4 is 5.32 Å². The zero-order chi connectivity index (χ0) is 20.2. The van der Waals surface area contributed by atoms with Gasteiger partial charge in [-0.25, -0.2) is 0 Å². The van der Waals surface area contributed by atoms with Gasteiger partial charge in [0.25, 0.3) is 5.91 Å². The second-order valence-electron chi connectivity index (χ2n) is 7.25. The Morgan fingerprint density at radius 3 is 2.72 bits per heavy atom. The van der Waals surface area contributed by atoms with Gasteiger partial charge in [-0.15, -0.1) is 5.10 Å². The zero-order valence-corrected chi connectivity index (χ0v) is 17.0. The van der Waals surface area contributed by atoms with Crippen molar-refractivity contribution in [1.82, 2.24) is 30.2 Å². The molecule has 8 heteroatoms. The molecule has 0 saturated carbocycles. The van der Waals surface area contributed by atoms with Crippen molar-refractivity contribution in [2.75, 3.05) is 13.1 Å². The quantitative estimate of drug-likeness (QED) is 0.699. The summed E-state index contributed by atoms with van der Waals surface area (Å²) in [5, 5.41) is 12.5. The normalized spacial score (nSPS) is 15.4. The van der Waals surface area contributed by atoms with Crippen molar-refractivity contribution in [3.8, 4) is 5.69 Å². The standard InChI is InChI=1S/C21H23ClN6O/c1-15-20(26-28(25-15)19-7-4-5-16(22)13-19)21(29)24-17-8-11-27(12-9-17)14-18-6-2-3-10-23-18/h2-7,10,13,17H,8-9,11-12,14H2,1H3,(H,24,29). The van der Waals surface area contributed by atoms with Gasteiger partial charge in [-0.05, 0) is 50.1 Å². The Bertz CT molecular complexity index is 982. The van der Waals surface area contributed by atoms with E-state index in [0.29, 0.717) is 16.4 Å². The number of carbonyl (C=O) groups is 1. The third-order valence-corrected chi connectivity index (χ3v) is 5.31. The molecule has 0 radical (unpaired) electrons. The number of amides is 1. The lowest BCUT2D eigenvalue weighted by molar-refractivity contribution is 0.0902. The average Bonchev–Trinajstić information content (AvgIpc) is 3.12. The van der Waals surface area contributed by atoms with E-state index in [1.54, 1.807) is 19.1 Å². The summed E-state index contributed by atoms with van der Waals surface area (Å²) < 4.78 is 0. The summed E-state index contributed by atoms with van der Waals surface area (Å²) in [6.45, 7) is 4.48. The van der Waals surface area contributed by atoms with Crippen molar-refractivity contribution >= 4 is 17.5 Å². The Kier molecular flexibility index (Phi) is 5.87. The predicted octanol–water partition coefficient (Wildman–Crippen LogP) is 3.02. The van der Waals surface area contributed by atoms with Crippen molar-refractivity contribution in [3.63, 3.8) is 0 Å². The molecule has 2 aromatic heterocycles. The molecule has 29 heavy (non-hydrogen) atoms. The maximum atomic E-state index is 12.7. The van der Waals surface area contributed by atoms with Crippen LogP contribution in [-0.2, 0) is 6.54 Å². The van der Waals surface area contributed by atoms with E-state index in [4.69, 9.17) is 11.6 Å². The van der Waals surface area contributed by atoms with Gasteiger partial charge in [0.15, 0.2) is 5.69 Å². The van der Waals surface area contributed by atoms with Crippen LogP contribution in [0, 0.1) is 6.92 Å². The number of carbonyl (C=O) groups excluding carboxylic acids is 1. The maximum Gasteiger partial charge on any atom is 0.273 e. The van der Waals surface area contributed by atoms with Gasteiger partial charge in [-0.3, -0.25) is 14.7 Å². The predicted molar refractivity (Wildman–Crippen MR) is 111 cm³/mol. The molecule has 0 aliphatic carbocycles. The first-order valence-electron chi connectivity index (χ1n) is 9.71. The minimum Gasteiger partial charge on any atom is -0.348 e. The first-order chi connectivity index (χ1) is 14.1. The molecule has 0 spiro atoms. The van der Waals surface area contributed by atoms with Gasteiger partial charge in [-0.1, -0.05) is 23.7 Å². The number of pyridine rings is 1. The van der Waals surface area contributed by atoms with Gasteiger partial charge in [0.05, 0.1) is 17.1 Å². The highest BCUT2D eigenvalue weighted by Gasteiger charge is 2.24. The third-order valence-electron chi connectivity index (χ3n) is 5.07. The van der Waals surface area contributed by atoms with Crippen LogP contribution in [0.3, 0.4) is 0 Å². The molecule has 3 aromatic rings. The van der Waals surface area contributed by atoms with E-state index in [1.165, 1.54) is 4.80 Å². The minimum atomic E-state index is -0.182. The fraction of sp³-hybridized carbons (Fsp3) is 0.333. The molecule has 0 unspecified atom stereocenters. The molecule has 1 amide bonds. The Balaban J connectivity index is 1.34. The molecule has 3 heterocycles. The summed E-state index contributed by atoms with van der Waals surface area (Å²) >= 11 is 6.04. The molecule has 1 aromatic carbocycles. The van der Waals surface area contributed by atoms with Crippen LogP contribution in [0.4, 0.5) is 0 Å². The summed E-state index contributed by atoms with van der Waals surface area (Å²) in [4.78, 5) is 20.9. The molecule has 4 rings (SSSR count). The number of halogens is 1. The van der Waals surface area contributed by atoms with Crippen molar-refractivity contribution < 1.29 is 4.79 Å². The van der Waals surface area contributed by atoms with Gasteiger partial charge in [0.1, 0.15) is 0 Å². The Hall–Kier alpha value is -2.77. The van der Waals surface area contributed by atoms with Crippen LogP contribution >= 0.6 is 11.6 Å². The van der Waals surface area contributed by atoms with Crippen LogP contribution in [0.25, 0.3) is 5.69 Å². The number of hydrogen-bond donors (Lipinski definition) is 1. The lowest BCUT2D eigenvalue weighted by Gasteiger charge is -2.31. The van der Waals surface area contributed by atoms with Crippen molar-refractivity contribution in [3.05, 3.63) is 70.8 Å². The molecule has 1 fully saturated rings. The number of rotatable bonds is 5. The number of nitrogens with zero attached hydrogens (tertiary/aromatic N) is 5. The number of nitrogens with one attached hydrogen (secondary N) is 1. The summed E-state index contributed by atoms with van der Waals surface area (Å²) in [7, 11) is 0. The topological polar surface area (TPSA) is 75.9 Å². The maximum absolute atomic E-state index is 12.7. The number of aryl methyl sites for hydroxylation is 1. The molecular weight excluding hydrogens is 388 g/mol. The molecule has 1 aliphatic rings. The lowest BCUT2D eigenvalue weighted by atomic mass is 10.0. The molecular formula is C21H23ClN6O. The minimum absolute atomic E-state index is 0.137. The van der Waals surface area contributed by atoms with Crippen LogP contribution in [0.1, 0.15) is 34.7 Å². The SMILES string of the molecule is Cc1nn(-c2cccc(Cl)c2)nc1C(=O)NC1CCN(Cc2ccccn2)CC1. The van der Waals surface area contributed by atoms with E-state index in [1.807, 2.05) is 36.5 Å². The van der Waals surface area contributed by atoms with E-state index in [9.17, 15) is 4.79 Å². The summed E-state index contributed by atoms with van der Waals surface area (Å²) in [5.41, 5.74) is 2.74. The number of likely N-dealkylation sites (tertiary alicyclic amines) is 1. The molecule has 1 saturated heterocycles. The molecule has 0 bridgehead atoms. The van der Waals surface area contributed by atoms with Crippen molar-refractivity contribution in [2.24, 2.45) is 0 Å². The Labute approximate surface area is 174 Å². The van der Waals surface area contributed by atoms with Crippen LogP contribution in [-0.4, -0.2) is 49.9 Å². The van der Waals surface area contributed by atoms with Gasteiger partial charge in [0, 0.05) is 36.9 Å². The average molecular weight is 411 g/mol. The van der Waals surface area contributed by atoms with E-state index in [-0.39, 0.29) is 11.9 Å². The van der Waals surface area contributed by atoms with E-state index in [2.05, 4.69) is 25.4 Å². The van der Waals surface area contributed by atoms with Crippen LogP contribution in [0.2, 0.25) is 5.02 Å². The highest BCUT2D eigenvalue weighted by Crippen LogP contribution is 2.16. The van der Waals surface area contributed by atoms with Crippen LogP contribution in [0.15, 0.2) is 48.7 Å². The largest absolute Gasteiger partial charge is 0.348 e. The van der Waals surface area contributed by atoms with E-state index >= 15 is 0 Å². The van der Waals surface area contributed by atoms with Crippen molar-refractivity contribution in [2.45, 2.75) is 32.4 Å². The molecule has 0 atom stereocenters. The smallest absolute Gasteiger partial charge is 0.273 e. The highest BCUT2D eigenvalue weighted by molar-refractivity contribution is 6.30. The summed E-state index contributed by atoms with van der Waals surface area (Å²) in [6.07, 6.45) is 3.63. The monoisotopic (exact) mass is 410 g/mol. The van der Waals surface area contributed by atoms with Gasteiger partial charge < -0.3 is 5.32 Å². The first-order valence-corrected chi connectivity index (χ1v) is 10.1. The molecule has 7 nitrogen and oxygen atoms in total. The number of aromatic nitrogens is 4. The Morgan fingerprint density at radius 2 is 2.00 bits per heavy atom. The van der Waals surface area contributed by atoms with Gasteiger partial charge >= 0.3 is 0 Å². The second kappa shape index (κ2) is 8.71. The van der Waals surface area contributed by atoms with E-state index in [0.717, 1.165) is 43.9 Å². The van der Waals surface area contributed by atoms with E-state index < -0.39 is 0 Å². The van der Waals surface area contributed by atoms with Crippen molar-refractivity contribution in [1.29, 1.82) is 0 Å². The lowest BCUT2D eigenvalue weighted by Crippen LogP contribution is -2.44. The van der Waals surface area contributed by atoms with Gasteiger partial charge in [-0.2, -0.15) is 9.90 Å². The number of piperidine rings is 1. The second-order valence-corrected chi connectivity index (χ2v) is 7.68. The van der Waals surface area contributed by atoms with Gasteiger partial charge in [0.2, 0.25) is 0 Å². The highest BCUT2D eigenvalue weighted by atomic mass is 35.5. The number of hydrogen-bond acceptors (Lipinski definition) is 5. The third kappa shape index (κ3) is 4.81. The first kappa shape index (κ1) is 19.5. The summed E-state index contributed by atoms with van der Waals surface area (Å²) in [5.74, 6) is -0.182. The summed E-state index contributed by atoms with van der Waals surface area (Å²) in [6, 6.07) is 13.3. The molecule has 150 valence electrons. The zero-order valence-electron chi connectivity index (χ0n) is 16.3.